The van der Waals surface area contributed by atoms with Gasteiger partial charge < -0.3 is 9.52 Å². The fourth-order valence-corrected chi connectivity index (χ4v) is 1.81. The first-order valence-electron chi connectivity index (χ1n) is 5.79. The van der Waals surface area contributed by atoms with Crippen LogP contribution in [-0.2, 0) is 6.61 Å². The highest BCUT2D eigenvalue weighted by Crippen LogP contribution is 2.29. The summed E-state index contributed by atoms with van der Waals surface area (Å²) < 4.78 is 5.63. The molecule has 0 aliphatic heterocycles. The van der Waals surface area contributed by atoms with Gasteiger partial charge in [0, 0.05) is 18.4 Å². The molecule has 0 aliphatic rings. The summed E-state index contributed by atoms with van der Waals surface area (Å²) in [4.78, 5) is 4.43. The standard InChI is InChI=1S/C14H17NO2/c1-9(2)14-13(15-10(3)17-14)12-6-4-11(8-16)5-7-12/h4-7,9,16H,8H2,1-3H3. The molecule has 17 heavy (non-hydrogen) atoms. The smallest absolute Gasteiger partial charge is 0.191 e. The Morgan fingerprint density at radius 2 is 1.88 bits per heavy atom. The zero-order valence-electron chi connectivity index (χ0n) is 10.4. The van der Waals surface area contributed by atoms with E-state index in [-0.39, 0.29) is 6.61 Å². The van der Waals surface area contributed by atoms with E-state index in [0.29, 0.717) is 11.8 Å². The lowest BCUT2D eigenvalue weighted by Crippen LogP contribution is -1.90. The van der Waals surface area contributed by atoms with E-state index in [1.165, 1.54) is 0 Å². The molecule has 3 nitrogen and oxygen atoms in total. The number of benzene rings is 1. The number of aliphatic hydroxyl groups is 1. The van der Waals surface area contributed by atoms with Crippen LogP contribution in [-0.4, -0.2) is 10.1 Å². The Balaban J connectivity index is 2.44. The van der Waals surface area contributed by atoms with Crippen molar-refractivity contribution in [3.05, 3.63) is 41.5 Å². The molecule has 0 spiro atoms. The van der Waals surface area contributed by atoms with Crippen molar-refractivity contribution in [3.8, 4) is 11.3 Å². The Hall–Kier alpha value is -1.61. The number of hydrogen-bond donors (Lipinski definition) is 1. The first-order chi connectivity index (χ1) is 8.11. The average molecular weight is 231 g/mol. The summed E-state index contributed by atoms with van der Waals surface area (Å²) in [5.74, 6) is 1.91. The van der Waals surface area contributed by atoms with Gasteiger partial charge in [0.25, 0.3) is 0 Å². The van der Waals surface area contributed by atoms with Gasteiger partial charge in [0.1, 0.15) is 11.5 Å². The molecular weight excluding hydrogens is 214 g/mol. The van der Waals surface area contributed by atoms with Crippen LogP contribution in [0.4, 0.5) is 0 Å². The number of nitrogens with zero attached hydrogens (tertiary/aromatic N) is 1. The average Bonchev–Trinajstić information content (AvgIpc) is 2.72. The lowest BCUT2D eigenvalue weighted by atomic mass is 10.0. The number of rotatable bonds is 3. The van der Waals surface area contributed by atoms with Crippen LogP contribution in [0.15, 0.2) is 28.7 Å². The van der Waals surface area contributed by atoms with E-state index in [4.69, 9.17) is 9.52 Å². The topological polar surface area (TPSA) is 46.3 Å². The Labute approximate surface area is 101 Å². The molecule has 90 valence electrons. The molecule has 0 amide bonds. The minimum atomic E-state index is 0.0646. The van der Waals surface area contributed by atoms with Crippen molar-refractivity contribution < 1.29 is 9.52 Å². The Morgan fingerprint density at radius 1 is 1.24 bits per heavy atom. The first kappa shape index (κ1) is 11.9. The number of aromatic nitrogens is 1. The predicted octanol–water partition coefficient (Wildman–Crippen LogP) is 3.27. The van der Waals surface area contributed by atoms with Crippen LogP contribution < -0.4 is 0 Å². The van der Waals surface area contributed by atoms with Crippen LogP contribution >= 0.6 is 0 Å². The van der Waals surface area contributed by atoms with E-state index in [2.05, 4.69) is 18.8 Å². The van der Waals surface area contributed by atoms with Gasteiger partial charge in [-0.25, -0.2) is 4.98 Å². The fourth-order valence-electron chi connectivity index (χ4n) is 1.81. The van der Waals surface area contributed by atoms with E-state index >= 15 is 0 Å². The van der Waals surface area contributed by atoms with Gasteiger partial charge >= 0.3 is 0 Å². The monoisotopic (exact) mass is 231 g/mol. The molecule has 0 radical (unpaired) electrons. The third-order valence-corrected chi connectivity index (χ3v) is 2.69. The summed E-state index contributed by atoms with van der Waals surface area (Å²) in [5.41, 5.74) is 2.84. The highest BCUT2D eigenvalue weighted by molar-refractivity contribution is 5.62. The van der Waals surface area contributed by atoms with Gasteiger partial charge in [0.15, 0.2) is 5.89 Å². The molecule has 0 aliphatic carbocycles. The molecule has 1 heterocycles. The molecule has 2 aromatic rings. The molecule has 1 aromatic carbocycles. The summed E-state index contributed by atoms with van der Waals surface area (Å²) in [7, 11) is 0. The molecule has 0 bridgehead atoms. The van der Waals surface area contributed by atoms with Gasteiger partial charge in [-0.3, -0.25) is 0 Å². The highest BCUT2D eigenvalue weighted by atomic mass is 16.4. The lowest BCUT2D eigenvalue weighted by molar-refractivity contribution is 0.282. The SMILES string of the molecule is Cc1nc(-c2ccc(CO)cc2)c(C(C)C)o1. The summed E-state index contributed by atoms with van der Waals surface area (Å²) in [5, 5.41) is 9.01. The van der Waals surface area contributed by atoms with Crippen LogP contribution in [0, 0.1) is 6.92 Å². The predicted molar refractivity (Wildman–Crippen MR) is 66.7 cm³/mol. The first-order valence-corrected chi connectivity index (χ1v) is 5.79. The van der Waals surface area contributed by atoms with Gasteiger partial charge in [-0.2, -0.15) is 0 Å². The molecule has 0 saturated heterocycles. The van der Waals surface area contributed by atoms with Crippen LogP contribution in [0.5, 0.6) is 0 Å². The van der Waals surface area contributed by atoms with Gasteiger partial charge in [-0.05, 0) is 5.56 Å². The van der Waals surface area contributed by atoms with Crippen LogP contribution in [0.25, 0.3) is 11.3 Å². The van der Waals surface area contributed by atoms with Gasteiger partial charge in [0.2, 0.25) is 0 Å². The molecule has 0 atom stereocenters. The van der Waals surface area contributed by atoms with Gasteiger partial charge in [-0.1, -0.05) is 38.1 Å². The number of aliphatic hydroxyl groups excluding tert-OH is 1. The van der Waals surface area contributed by atoms with Crippen molar-refractivity contribution in [2.24, 2.45) is 0 Å². The second kappa shape index (κ2) is 4.72. The van der Waals surface area contributed by atoms with E-state index < -0.39 is 0 Å². The number of hydrogen-bond acceptors (Lipinski definition) is 3. The summed E-state index contributed by atoms with van der Waals surface area (Å²) in [6.07, 6.45) is 0. The molecule has 1 aromatic heterocycles. The highest BCUT2D eigenvalue weighted by Gasteiger charge is 2.15. The zero-order valence-corrected chi connectivity index (χ0v) is 10.4. The van der Waals surface area contributed by atoms with Gasteiger partial charge in [0.05, 0.1) is 6.61 Å². The molecule has 1 N–H and O–H groups in total. The molecule has 0 unspecified atom stereocenters. The Kier molecular flexibility index (Phi) is 3.29. The quantitative estimate of drug-likeness (QED) is 0.881. The Morgan fingerprint density at radius 3 is 2.41 bits per heavy atom. The molecule has 3 heteroatoms. The van der Waals surface area contributed by atoms with Crippen molar-refractivity contribution in [1.29, 1.82) is 0 Å². The van der Waals surface area contributed by atoms with E-state index in [1.54, 1.807) is 0 Å². The maximum Gasteiger partial charge on any atom is 0.191 e. The van der Waals surface area contributed by atoms with Crippen molar-refractivity contribution in [3.63, 3.8) is 0 Å². The largest absolute Gasteiger partial charge is 0.445 e. The summed E-state index contributed by atoms with van der Waals surface area (Å²) in [6.45, 7) is 6.10. The summed E-state index contributed by atoms with van der Waals surface area (Å²) in [6, 6.07) is 7.75. The van der Waals surface area contributed by atoms with E-state index in [1.807, 2.05) is 31.2 Å². The zero-order chi connectivity index (χ0) is 12.4. The molecular formula is C14H17NO2. The van der Waals surface area contributed by atoms with Crippen molar-refractivity contribution in [2.75, 3.05) is 0 Å². The maximum atomic E-state index is 9.01. The Bertz CT molecular complexity index is 497. The number of aryl methyl sites for hydroxylation is 1. The number of oxazole rings is 1. The minimum absolute atomic E-state index is 0.0646. The molecule has 0 fully saturated rings. The van der Waals surface area contributed by atoms with Crippen molar-refractivity contribution in [1.82, 2.24) is 4.98 Å². The van der Waals surface area contributed by atoms with Crippen LogP contribution in [0.2, 0.25) is 0 Å². The lowest BCUT2D eigenvalue weighted by Gasteiger charge is -2.04. The molecule has 2 rings (SSSR count). The van der Waals surface area contributed by atoms with E-state index in [9.17, 15) is 0 Å². The van der Waals surface area contributed by atoms with Crippen molar-refractivity contribution in [2.45, 2.75) is 33.3 Å². The second-order valence-corrected chi connectivity index (χ2v) is 4.46. The normalized spacial score (nSPS) is 11.1. The third kappa shape index (κ3) is 2.39. The van der Waals surface area contributed by atoms with Crippen LogP contribution in [0.3, 0.4) is 0 Å². The fraction of sp³-hybridized carbons (Fsp3) is 0.357. The van der Waals surface area contributed by atoms with Crippen molar-refractivity contribution >= 4 is 0 Å². The van der Waals surface area contributed by atoms with E-state index in [0.717, 1.165) is 22.6 Å². The second-order valence-electron chi connectivity index (χ2n) is 4.46. The maximum absolute atomic E-state index is 9.01. The molecule has 0 saturated carbocycles. The minimum Gasteiger partial charge on any atom is -0.445 e. The van der Waals surface area contributed by atoms with Crippen LogP contribution in [0.1, 0.15) is 37.0 Å². The van der Waals surface area contributed by atoms with Gasteiger partial charge in [-0.15, -0.1) is 0 Å². The summed E-state index contributed by atoms with van der Waals surface area (Å²) >= 11 is 0. The third-order valence-electron chi connectivity index (χ3n) is 2.69.